The van der Waals surface area contributed by atoms with Crippen LogP contribution in [-0.2, 0) is 11.2 Å². The van der Waals surface area contributed by atoms with E-state index in [1.165, 1.54) is 5.56 Å². The molecule has 0 N–H and O–H groups in total. The molecule has 0 aliphatic carbocycles. The smallest absolute Gasteiger partial charge is 0.190 e. The summed E-state index contributed by atoms with van der Waals surface area (Å²) >= 11 is 4.99. The lowest BCUT2D eigenvalue weighted by Gasteiger charge is -2.02. The van der Waals surface area contributed by atoms with Gasteiger partial charge in [0.15, 0.2) is 5.05 Å². The predicted molar refractivity (Wildman–Crippen MR) is 59.1 cm³/mol. The molecule has 1 aromatic carbocycles. The van der Waals surface area contributed by atoms with Crippen molar-refractivity contribution in [1.82, 2.24) is 0 Å². The van der Waals surface area contributed by atoms with E-state index in [9.17, 15) is 0 Å². The monoisotopic (exact) mass is 192 g/mol. The molecule has 0 saturated heterocycles. The largest absolute Gasteiger partial charge is 0.486 e. The molecule has 0 saturated carbocycles. The molecule has 0 amide bonds. The lowest BCUT2D eigenvalue weighted by atomic mass is 10.1. The molecule has 0 aliphatic rings. The highest BCUT2D eigenvalue weighted by Gasteiger charge is 1.98. The van der Waals surface area contributed by atoms with Gasteiger partial charge in [0.1, 0.15) is 0 Å². The van der Waals surface area contributed by atoms with Crippen LogP contribution < -0.4 is 0 Å². The minimum Gasteiger partial charge on any atom is -0.486 e. The third kappa shape index (κ3) is 2.67. The molecule has 1 rings (SSSR count). The molecule has 0 bridgehead atoms. The Morgan fingerprint density at radius 2 is 2.08 bits per heavy atom. The van der Waals surface area contributed by atoms with E-state index in [4.69, 9.17) is 17.0 Å². The molecule has 0 atom stereocenters. The van der Waals surface area contributed by atoms with Gasteiger partial charge in [-0.2, -0.15) is 0 Å². The zero-order valence-electron chi connectivity index (χ0n) is 7.62. The first-order valence-electron chi connectivity index (χ1n) is 4.06. The molecule has 0 aliphatic heterocycles. The van der Waals surface area contributed by atoms with Crippen molar-refractivity contribution in [2.24, 2.45) is 0 Å². The fourth-order valence-corrected chi connectivity index (χ4v) is 1.20. The maximum absolute atomic E-state index is 4.99. The first-order chi connectivity index (χ1) is 6.27. The number of methoxy groups -OCH3 is 1. The van der Waals surface area contributed by atoms with Crippen molar-refractivity contribution in [2.45, 2.75) is 6.42 Å². The van der Waals surface area contributed by atoms with Gasteiger partial charge >= 0.3 is 0 Å². The summed E-state index contributed by atoms with van der Waals surface area (Å²) in [4.78, 5) is 0. The van der Waals surface area contributed by atoms with E-state index in [1.54, 1.807) is 7.11 Å². The van der Waals surface area contributed by atoms with Gasteiger partial charge in [-0.3, -0.25) is 0 Å². The Morgan fingerprint density at radius 3 is 2.54 bits per heavy atom. The van der Waals surface area contributed by atoms with Crippen LogP contribution in [0.15, 0.2) is 36.9 Å². The average Bonchev–Trinajstić information content (AvgIpc) is 2.18. The fourth-order valence-electron chi connectivity index (χ4n) is 1.06. The van der Waals surface area contributed by atoms with Crippen molar-refractivity contribution in [3.05, 3.63) is 48.0 Å². The molecule has 0 aromatic heterocycles. The van der Waals surface area contributed by atoms with Crippen molar-refractivity contribution >= 4 is 17.3 Å². The third-order valence-electron chi connectivity index (χ3n) is 1.76. The van der Waals surface area contributed by atoms with Gasteiger partial charge in [0, 0.05) is 5.56 Å². The number of benzene rings is 1. The van der Waals surface area contributed by atoms with Gasteiger partial charge < -0.3 is 4.74 Å². The van der Waals surface area contributed by atoms with Crippen LogP contribution in [-0.4, -0.2) is 12.2 Å². The highest BCUT2D eigenvalue weighted by molar-refractivity contribution is 7.80. The van der Waals surface area contributed by atoms with Gasteiger partial charge in [0.2, 0.25) is 0 Å². The third-order valence-corrected chi connectivity index (χ3v) is 2.16. The van der Waals surface area contributed by atoms with Crippen molar-refractivity contribution in [3.8, 4) is 0 Å². The molecule has 2 heteroatoms. The standard InChI is InChI=1S/C11H12OS/c1-3-4-9-5-7-10(8-6-9)11(13)12-2/h3,5-8H,1,4H2,2H3. The van der Waals surface area contributed by atoms with Gasteiger partial charge in [0.25, 0.3) is 0 Å². The molecule has 1 nitrogen and oxygen atoms in total. The first kappa shape index (κ1) is 9.93. The van der Waals surface area contributed by atoms with E-state index in [0.29, 0.717) is 5.05 Å². The van der Waals surface area contributed by atoms with Gasteiger partial charge in [0.05, 0.1) is 7.11 Å². The molecule has 1 aromatic rings. The Hall–Kier alpha value is -1.15. The van der Waals surface area contributed by atoms with E-state index in [0.717, 1.165) is 12.0 Å². The van der Waals surface area contributed by atoms with Crippen LogP contribution in [0.1, 0.15) is 11.1 Å². The highest BCUT2D eigenvalue weighted by Crippen LogP contribution is 2.07. The van der Waals surface area contributed by atoms with Crippen molar-refractivity contribution < 1.29 is 4.74 Å². The molecule has 0 unspecified atom stereocenters. The summed E-state index contributed by atoms with van der Waals surface area (Å²) in [7, 11) is 1.58. The molecule has 0 fully saturated rings. The number of ether oxygens (including phenoxy) is 1. The first-order valence-corrected chi connectivity index (χ1v) is 4.47. The van der Waals surface area contributed by atoms with Crippen LogP contribution in [0.3, 0.4) is 0 Å². The number of rotatable bonds is 3. The molecule has 0 heterocycles. The van der Waals surface area contributed by atoms with Crippen LogP contribution in [0.5, 0.6) is 0 Å². The Labute approximate surface area is 84.0 Å². The molecule has 0 spiro atoms. The molecule has 0 radical (unpaired) electrons. The number of hydrogen-bond donors (Lipinski definition) is 0. The van der Waals surface area contributed by atoms with Gasteiger partial charge in [-0.05, 0) is 24.2 Å². The van der Waals surface area contributed by atoms with E-state index < -0.39 is 0 Å². The molecular weight excluding hydrogens is 180 g/mol. The summed E-state index contributed by atoms with van der Waals surface area (Å²) in [6.45, 7) is 3.68. The Bertz CT molecular complexity index is 300. The van der Waals surface area contributed by atoms with Crippen LogP contribution in [0.25, 0.3) is 0 Å². The fraction of sp³-hybridized carbons (Fsp3) is 0.182. The second-order valence-electron chi connectivity index (χ2n) is 2.68. The van der Waals surface area contributed by atoms with Crippen LogP contribution >= 0.6 is 12.2 Å². The maximum atomic E-state index is 4.99. The number of hydrogen-bond acceptors (Lipinski definition) is 2. The quantitative estimate of drug-likeness (QED) is 0.538. The van der Waals surface area contributed by atoms with Crippen LogP contribution in [0.4, 0.5) is 0 Å². The zero-order chi connectivity index (χ0) is 9.68. The van der Waals surface area contributed by atoms with Gasteiger partial charge in [-0.15, -0.1) is 6.58 Å². The van der Waals surface area contributed by atoms with Crippen LogP contribution in [0.2, 0.25) is 0 Å². The summed E-state index contributed by atoms with van der Waals surface area (Å²) < 4.78 is 4.95. The van der Waals surface area contributed by atoms with E-state index in [-0.39, 0.29) is 0 Å². The predicted octanol–water partition coefficient (Wildman–Crippen LogP) is 2.74. The number of allylic oxidation sites excluding steroid dienone is 1. The lowest BCUT2D eigenvalue weighted by molar-refractivity contribution is 0.416. The highest BCUT2D eigenvalue weighted by atomic mass is 32.1. The lowest BCUT2D eigenvalue weighted by Crippen LogP contribution is -1.98. The van der Waals surface area contributed by atoms with Gasteiger partial charge in [-0.1, -0.05) is 30.3 Å². The second-order valence-corrected chi connectivity index (χ2v) is 3.05. The maximum Gasteiger partial charge on any atom is 0.190 e. The Morgan fingerprint density at radius 1 is 1.46 bits per heavy atom. The zero-order valence-corrected chi connectivity index (χ0v) is 8.43. The summed E-state index contributed by atoms with van der Waals surface area (Å²) in [5, 5.41) is 0.533. The molecular formula is C11H12OS. The minimum atomic E-state index is 0.533. The molecule has 68 valence electrons. The Kier molecular flexibility index (Phi) is 3.65. The van der Waals surface area contributed by atoms with Crippen molar-refractivity contribution in [3.63, 3.8) is 0 Å². The van der Waals surface area contributed by atoms with Crippen molar-refractivity contribution in [1.29, 1.82) is 0 Å². The Balaban J connectivity index is 2.80. The average molecular weight is 192 g/mol. The summed E-state index contributed by atoms with van der Waals surface area (Å²) in [6.07, 6.45) is 2.77. The summed E-state index contributed by atoms with van der Waals surface area (Å²) in [5.74, 6) is 0. The summed E-state index contributed by atoms with van der Waals surface area (Å²) in [6, 6.07) is 7.99. The van der Waals surface area contributed by atoms with E-state index in [2.05, 4.69) is 6.58 Å². The van der Waals surface area contributed by atoms with E-state index in [1.807, 2.05) is 30.3 Å². The second kappa shape index (κ2) is 4.77. The topological polar surface area (TPSA) is 9.23 Å². The van der Waals surface area contributed by atoms with Gasteiger partial charge in [-0.25, -0.2) is 0 Å². The number of thiocarbonyl (C=S) groups is 1. The SMILES string of the molecule is C=CCc1ccc(C(=S)OC)cc1. The summed E-state index contributed by atoms with van der Waals surface area (Å²) in [5.41, 5.74) is 2.18. The van der Waals surface area contributed by atoms with Crippen molar-refractivity contribution in [2.75, 3.05) is 7.11 Å². The van der Waals surface area contributed by atoms with E-state index >= 15 is 0 Å². The van der Waals surface area contributed by atoms with Crippen LogP contribution in [0, 0.1) is 0 Å². The normalized spacial score (nSPS) is 9.31. The minimum absolute atomic E-state index is 0.533. The molecule has 13 heavy (non-hydrogen) atoms.